The molecule has 0 unspecified atom stereocenters. The average Bonchev–Trinajstić information content (AvgIpc) is 2.86. The minimum atomic E-state index is 0.313. The zero-order valence-corrected chi connectivity index (χ0v) is 18.5. The van der Waals surface area contributed by atoms with Crippen LogP contribution in [0, 0.1) is 11.3 Å². The van der Waals surface area contributed by atoms with Crippen LogP contribution in [0.5, 0.6) is 0 Å². The molecule has 0 bridgehead atoms. The molecule has 0 spiro atoms. The maximum Gasteiger partial charge on any atom is 0.140 e. The van der Waals surface area contributed by atoms with Gasteiger partial charge in [0.1, 0.15) is 17.0 Å². The molecular formula is C27H20ClN5. The number of benzene rings is 2. The van der Waals surface area contributed by atoms with Gasteiger partial charge in [-0.25, -0.2) is 4.98 Å². The van der Waals surface area contributed by atoms with Crippen molar-refractivity contribution in [3.63, 3.8) is 0 Å². The zero-order chi connectivity index (χ0) is 23.2. The fraction of sp³-hybridized carbons (Fsp3) is 0.0370. The van der Waals surface area contributed by atoms with E-state index in [4.69, 9.17) is 16.6 Å². The van der Waals surface area contributed by atoms with E-state index >= 15 is 0 Å². The number of nitrogens with one attached hydrogen (secondary N) is 1. The summed E-state index contributed by atoms with van der Waals surface area (Å²) in [5.41, 5.74) is 4.69. The molecule has 0 atom stereocenters. The van der Waals surface area contributed by atoms with Crippen molar-refractivity contribution < 1.29 is 0 Å². The molecule has 2 aromatic carbocycles. The Morgan fingerprint density at radius 2 is 1.94 bits per heavy atom. The van der Waals surface area contributed by atoms with E-state index in [0.29, 0.717) is 23.1 Å². The molecule has 0 saturated carbocycles. The summed E-state index contributed by atoms with van der Waals surface area (Å²) in [6.07, 6.45) is 6.67. The van der Waals surface area contributed by atoms with Crippen LogP contribution in [0.15, 0.2) is 96.4 Å². The molecule has 0 aliphatic rings. The molecule has 0 fully saturated rings. The standard InChI is InChI=1S/C27H20ClN5/c1-3-8-21(30-2)17-32-27-25-22(19-9-5-4-6-10-19)11-7-12-23(25)24(26(28)33-27)20-13-18(14-29)15-31-16-20/h3-13,15-16H,1-2,17H2,(H,32,33)/b21-8-. The van der Waals surface area contributed by atoms with Crippen LogP contribution in [0.25, 0.3) is 33.0 Å². The molecule has 6 heteroatoms. The molecule has 2 aromatic heterocycles. The number of anilines is 1. The van der Waals surface area contributed by atoms with Gasteiger partial charge >= 0.3 is 0 Å². The van der Waals surface area contributed by atoms with Crippen LogP contribution < -0.4 is 5.32 Å². The van der Waals surface area contributed by atoms with E-state index in [9.17, 15) is 5.26 Å². The van der Waals surface area contributed by atoms with Gasteiger partial charge in [0.15, 0.2) is 0 Å². The highest BCUT2D eigenvalue weighted by molar-refractivity contribution is 6.34. The van der Waals surface area contributed by atoms with Crippen LogP contribution in [-0.2, 0) is 0 Å². The van der Waals surface area contributed by atoms with Gasteiger partial charge in [0.25, 0.3) is 0 Å². The van der Waals surface area contributed by atoms with Gasteiger partial charge in [0.2, 0.25) is 0 Å². The normalized spacial score (nSPS) is 11.1. The molecule has 0 aliphatic heterocycles. The van der Waals surface area contributed by atoms with Gasteiger partial charge in [0.05, 0.1) is 17.8 Å². The number of pyridine rings is 2. The number of halogens is 1. The predicted molar refractivity (Wildman–Crippen MR) is 136 cm³/mol. The topological polar surface area (TPSA) is 74.0 Å². The molecule has 2 heterocycles. The molecule has 160 valence electrons. The second-order valence-corrected chi connectivity index (χ2v) is 7.56. The number of rotatable bonds is 7. The number of aromatic nitrogens is 2. The van der Waals surface area contributed by atoms with E-state index < -0.39 is 0 Å². The first-order valence-electron chi connectivity index (χ1n) is 10.2. The van der Waals surface area contributed by atoms with Gasteiger partial charge in [-0.15, -0.1) is 0 Å². The third kappa shape index (κ3) is 4.52. The quantitative estimate of drug-likeness (QED) is 0.194. The first-order valence-corrected chi connectivity index (χ1v) is 10.6. The Balaban J connectivity index is 1.99. The lowest BCUT2D eigenvalue weighted by atomic mass is 9.94. The van der Waals surface area contributed by atoms with Gasteiger partial charge < -0.3 is 5.32 Å². The van der Waals surface area contributed by atoms with Crippen molar-refractivity contribution in [2.75, 3.05) is 11.9 Å². The summed E-state index contributed by atoms with van der Waals surface area (Å²) in [5, 5.41) is 14.8. The lowest BCUT2D eigenvalue weighted by Crippen LogP contribution is -2.07. The molecule has 5 nitrogen and oxygen atoms in total. The summed E-state index contributed by atoms with van der Waals surface area (Å²) >= 11 is 6.72. The van der Waals surface area contributed by atoms with Crippen molar-refractivity contribution in [1.82, 2.24) is 9.97 Å². The maximum atomic E-state index is 9.34. The number of fused-ring (bicyclic) bond motifs is 1. The molecule has 4 rings (SSSR count). The SMILES string of the molecule is C=C/C=C(/CNc1nc(Cl)c(-c2cncc(C#N)c2)c2cccc(-c3ccccc3)c12)N=C. The molecule has 0 radical (unpaired) electrons. The van der Waals surface area contributed by atoms with Crippen LogP contribution in [0.1, 0.15) is 5.56 Å². The molecule has 33 heavy (non-hydrogen) atoms. The Hall–Kier alpha value is -4.27. The van der Waals surface area contributed by atoms with Crippen LogP contribution >= 0.6 is 11.6 Å². The molecule has 0 amide bonds. The fourth-order valence-electron chi connectivity index (χ4n) is 3.71. The van der Waals surface area contributed by atoms with Gasteiger partial charge in [0, 0.05) is 28.9 Å². The number of nitrogens with zero attached hydrogens (tertiary/aromatic N) is 4. The maximum absolute atomic E-state index is 9.34. The van der Waals surface area contributed by atoms with E-state index in [2.05, 4.69) is 52.9 Å². The van der Waals surface area contributed by atoms with Gasteiger partial charge in [-0.2, -0.15) is 5.26 Å². The Kier molecular flexibility index (Phi) is 6.58. The Bertz CT molecular complexity index is 1420. The highest BCUT2D eigenvalue weighted by Gasteiger charge is 2.18. The lowest BCUT2D eigenvalue weighted by Gasteiger charge is -2.17. The number of aliphatic imine (C=N–C) groups is 1. The highest BCUT2D eigenvalue weighted by atomic mass is 35.5. The molecule has 0 aliphatic carbocycles. The third-order valence-corrected chi connectivity index (χ3v) is 5.45. The average molecular weight is 450 g/mol. The largest absolute Gasteiger partial charge is 0.364 e. The number of hydrogen-bond donors (Lipinski definition) is 1. The summed E-state index contributed by atoms with van der Waals surface area (Å²) in [4.78, 5) is 13.0. The fourth-order valence-corrected chi connectivity index (χ4v) is 4.01. The van der Waals surface area contributed by atoms with Gasteiger partial charge in [-0.1, -0.05) is 72.8 Å². The van der Waals surface area contributed by atoms with E-state index in [1.54, 1.807) is 24.4 Å². The van der Waals surface area contributed by atoms with Crippen molar-refractivity contribution in [3.05, 3.63) is 102 Å². The van der Waals surface area contributed by atoms with Crippen LogP contribution in [0.4, 0.5) is 5.82 Å². The first kappa shape index (κ1) is 21.9. The van der Waals surface area contributed by atoms with Crippen molar-refractivity contribution in [2.45, 2.75) is 0 Å². The lowest BCUT2D eigenvalue weighted by molar-refractivity contribution is 1.15. The van der Waals surface area contributed by atoms with Crippen molar-refractivity contribution in [3.8, 4) is 28.3 Å². The van der Waals surface area contributed by atoms with Crippen molar-refractivity contribution in [2.24, 2.45) is 4.99 Å². The van der Waals surface area contributed by atoms with Gasteiger partial charge in [-0.05, 0) is 35.4 Å². The van der Waals surface area contributed by atoms with Crippen molar-refractivity contribution in [1.29, 1.82) is 5.26 Å². The Morgan fingerprint density at radius 1 is 1.12 bits per heavy atom. The zero-order valence-electron chi connectivity index (χ0n) is 17.8. The Labute approximate surface area is 197 Å². The third-order valence-electron chi connectivity index (χ3n) is 5.18. The van der Waals surface area contributed by atoms with Crippen LogP contribution in [-0.4, -0.2) is 23.2 Å². The highest BCUT2D eigenvalue weighted by Crippen LogP contribution is 2.41. The number of allylic oxidation sites excluding steroid dienone is 2. The van der Waals surface area contributed by atoms with Crippen molar-refractivity contribution >= 4 is 34.9 Å². The minimum absolute atomic E-state index is 0.313. The number of nitriles is 1. The first-order chi connectivity index (χ1) is 16.2. The summed E-state index contributed by atoms with van der Waals surface area (Å²) < 4.78 is 0. The molecule has 0 saturated heterocycles. The summed E-state index contributed by atoms with van der Waals surface area (Å²) in [6.45, 7) is 7.75. The monoisotopic (exact) mass is 449 g/mol. The van der Waals surface area contributed by atoms with E-state index in [0.717, 1.165) is 38.7 Å². The Morgan fingerprint density at radius 3 is 2.67 bits per heavy atom. The second kappa shape index (κ2) is 9.90. The summed E-state index contributed by atoms with van der Waals surface area (Å²) in [7, 11) is 0. The minimum Gasteiger partial charge on any atom is -0.364 e. The van der Waals surface area contributed by atoms with E-state index in [-0.39, 0.29) is 0 Å². The molecular weight excluding hydrogens is 430 g/mol. The predicted octanol–water partition coefficient (Wildman–Crippen LogP) is 6.67. The van der Waals surface area contributed by atoms with E-state index in [1.165, 1.54) is 6.20 Å². The smallest absolute Gasteiger partial charge is 0.140 e. The number of hydrogen-bond acceptors (Lipinski definition) is 5. The van der Waals surface area contributed by atoms with Crippen LogP contribution in [0.3, 0.4) is 0 Å². The second-order valence-electron chi connectivity index (χ2n) is 7.20. The van der Waals surface area contributed by atoms with Crippen LogP contribution in [0.2, 0.25) is 5.15 Å². The molecule has 1 N–H and O–H groups in total. The summed E-state index contributed by atoms with van der Waals surface area (Å²) in [6, 6.07) is 20.0. The van der Waals surface area contributed by atoms with E-state index in [1.807, 2.05) is 30.3 Å². The van der Waals surface area contributed by atoms with Gasteiger partial charge in [-0.3, -0.25) is 9.98 Å². The summed E-state index contributed by atoms with van der Waals surface area (Å²) in [5.74, 6) is 0.626. The molecule has 4 aromatic rings.